The van der Waals surface area contributed by atoms with E-state index in [2.05, 4.69) is 27.7 Å². The second kappa shape index (κ2) is 7.29. The molecular formula is C11H26F6O2P2. The van der Waals surface area contributed by atoms with Gasteiger partial charge in [0.05, 0.1) is 18.5 Å². The van der Waals surface area contributed by atoms with Crippen molar-refractivity contribution in [2.24, 2.45) is 0 Å². The Morgan fingerprint density at radius 1 is 0.857 bits per heavy atom. The van der Waals surface area contributed by atoms with Gasteiger partial charge in [-0.1, -0.05) is 0 Å². The molecule has 0 amide bonds. The Morgan fingerprint density at radius 2 is 1.14 bits per heavy atom. The van der Waals surface area contributed by atoms with Crippen molar-refractivity contribution in [3.8, 4) is 0 Å². The van der Waals surface area contributed by atoms with Gasteiger partial charge < -0.3 is 9.47 Å². The average Bonchev–Trinajstić information content (AvgIpc) is 2.27. The fraction of sp³-hybridized carbons (Fsp3) is 1.00. The zero-order valence-electron chi connectivity index (χ0n) is 13.3. The van der Waals surface area contributed by atoms with Crippen LogP contribution in [0.5, 0.6) is 0 Å². The van der Waals surface area contributed by atoms with E-state index in [0.717, 1.165) is 0 Å². The molecule has 21 heavy (non-hydrogen) atoms. The van der Waals surface area contributed by atoms with Gasteiger partial charge in [-0.3, -0.25) is 0 Å². The van der Waals surface area contributed by atoms with Crippen LogP contribution in [0.4, 0.5) is 25.2 Å². The molecule has 0 N–H and O–H groups in total. The van der Waals surface area contributed by atoms with Crippen molar-refractivity contribution < 1.29 is 34.7 Å². The maximum absolute atomic E-state index is 10.7. The summed E-state index contributed by atoms with van der Waals surface area (Å²) >= 11 is 0. The number of halogens is 6. The molecule has 0 heterocycles. The molecule has 0 aliphatic heterocycles. The predicted octanol–water partition coefficient (Wildman–Crippen LogP) is 6.80. The predicted molar refractivity (Wildman–Crippen MR) is 79.1 cm³/mol. The Morgan fingerprint density at radius 3 is 1.33 bits per heavy atom. The van der Waals surface area contributed by atoms with Gasteiger partial charge in [-0.2, -0.15) is 0 Å². The van der Waals surface area contributed by atoms with Crippen molar-refractivity contribution in [3.63, 3.8) is 0 Å². The van der Waals surface area contributed by atoms with Crippen molar-refractivity contribution >= 4 is 15.1 Å². The Bertz CT molecular complexity index is 282. The van der Waals surface area contributed by atoms with Gasteiger partial charge in [-0.25, -0.2) is 0 Å². The first kappa shape index (κ1) is 23.6. The molecule has 0 rings (SSSR count). The van der Waals surface area contributed by atoms with Crippen LogP contribution in [0.1, 0.15) is 34.6 Å². The molecule has 2 unspecified atom stereocenters. The Balaban J connectivity index is 0. The molecule has 0 spiro atoms. The number of methoxy groups -OCH3 is 1. The summed E-state index contributed by atoms with van der Waals surface area (Å²) in [6, 6.07) is 0. The molecule has 0 saturated heterocycles. The van der Waals surface area contributed by atoms with Crippen LogP contribution in [0.15, 0.2) is 0 Å². The zero-order valence-corrected chi connectivity index (χ0v) is 15.0. The molecule has 134 valence electrons. The average molecular weight is 366 g/mol. The molecule has 0 radical (unpaired) electrons. The normalized spacial score (nSPS) is 18.9. The van der Waals surface area contributed by atoms with E-state index in [1.54, 1.807) is 7.11 Å². The van der Waals surface area contributed by atoms with Gasteiger partial charge in [0.1, 0.15) is 0 Å². The zero-order chi connectivity index (χ0) is 17.6. The van der Waals surface area contributed by atoms with E-state index in [1.807, 2.05) is 6.92 Å². The van der Waals surface area contributed by atoms with Crippen molar-refractivity contribution in [2.75, 3.05) is 25.6 Å². The summed E-state index contributed by atoms with van der Waals surface area (Å²) in [6.07, 6.45) is 3.75. The molecule has 0 aliphatic rings. The summed E-state index contributed by atoms with van der Waals surface area (Å²) in [6.45, 7) is 11.0. The number of ether oxygens (including phenoxy) is 2. The molecule has 0 aromatic heterocycles. The molecule has 2 atom stereocenters. The first-order valence-corrected chi connectivity index (χ1v) is 11.1. The second-order valence-corrected chi connectivity index (χ2v) is 11.6. The molecule has 10 heteroatoms. The minimum atomic E-state index is -10.7. The number of hydrogen-bond donors (Lipinski definition) is 0. The van der Waals surface area contributed by atoms with E-state index in [4.69, 9.17) is 9.47 Å². The summed E-state index contributed by atoms with van der Waals surface area (Å²) in [7, 11) is -9.86. The van der Waals surface area contributed by atoms with E-state index in [9.17, 15) is 25.2 Å². The van der Waals surface area contributed by atoms with Crippen LogP contribution in [-0.2, 0) is 9.47 Å². The number of rotatable bonds is 7. The van der Waals surface area contributed by atoms with Gasteiger partial charge in [0.2, 0.25) is 0 Å². The molecule has 0 aliphatic carbocycles. The van der Waals surface area contributed by atoms with Gasteiger partial charge in [-0.15, -0.1) is 0 Å². The van der Waals surface area contributed by atoms with E-state index in [-0.39, 0.29) is 6.29 Å². The topological polar surface area (TPSA) is 18.5 Å². The van der Waals surface area contributed by atoms with Crippen LogP contribution >= 0.6 is 15.1 Å². The molecule has 0 aromatic rings. The fourth-order valence-electron chi connectivity index (χ4n) is 1.90. The third-order valence-electron chi connectivity index (χ3n) is 3.38. The SMILES string of the molecule is CC[P+](CC)(CC)C(C)OC(C)OC.F[P-](F)(F)(F)(F)F. The van der Waals surface area contributed by atoms with Crippen molar-refractivity contribution in [1.82, 2.24) is 0 Å². The summed E-state index contributed by atoms with van der Waals surface area (Å²) in [5.41, 5.74) is 0. The molecule has 0 bridgehead atoms. The Labute approximate surface area is 123 Å². The molecule has 0 aromatic carbocycles. The van der Waals surface area contributed by atoms with Crippen LogP contribution in [-0.4, -0.2) is 37.7 Å². The van der Waals surface area contributed by atoms with Crippen molar-refractivity contribution in [2.45, 2.75) is 46.8 Å². The molecule has 0 fully saturated rings. The molecular weight excluding hydrogens is 340 g/mol. The van der Waals surface area contributed by atoms with Crippen LogP contribution in [0.2, 0.25) is 0 Å². The van der Waals surface area contributed by atoms with Gasteiger partial charge >= 0.3 is 33.0 Å². The quantitative estimate of drug-likeness (QED) is 0.280. The first-order chi connectivity index (χ1) is 9.01. The van der Waals surface area contributed by atoms with Gasteiger partial charge in [0.15, 0.2) is 12.1 Å². The van der Waals surface area contributed by atoms with Gasteiger partial charge in [0, 0.05) is 14.4 Å². The van der Waals surface area contributed by atoms with Crippen molar-refractivity contribution in [3.05, 3.63) is 0 Å². The monoisotopic (exact) mass is 366 g/mol. The Hall–Kier alpha value is 0.360. The van der Waals surface area contributed by atoms with Crippen LogP contribution < -0.4 is 0 Å². The van der Waals surface area contributed by atoms with E-state index in [1.165, 1.54) is 18.5 Å². The molecule has 0 saturated carbocycles. The van der Waals surface area contributed by atoms with Crippen LogP contribution in [0.3, 0.4) is 0 Å². The van der Waals surface area contributed by atoms with Gasteiger partial charge in [-0.05, 0) is 34.6 Å². The summed E-state index contributed by atoms with van der Waals surface area (Å²) in [5, 5.41) is 0. The van der Waals surface area contributed by atoms with Crippen molar-refractivity contribution in [1.29, 1.82) is 0 Å². The van der Waals surface area contributed by atoms with Gasteiger partial charge in [0.25, 0.3) is 0 Å². The first-order valence-electron chi connectivity index (χ1n) is 6.61. The summed E-state index contributed by atoms with van der Waals surface area (Å²) in [4.78, 5) is 0. The fourth-order valence-corrected chi connectivity index (χ4v) is 5.22. The van der Waals surface area contributed by atoms with E-state index < -0.39 is 15.1 Å². The van der Waals surface area contributed by atoms with E-state index in [0.29, 0.717) is 5.85 Å². The van der Waals surface area contributed by atoms with Crippen LogP contribution in [0, 0.1) is 0 Å². The third-order valence-corrected chi connectivity index (χ3v) is 8.82. The Kier molecular flexibility index (Phi) is 8.20. The van der Waals surface area contributed by atoms with Crippen LogP contribution in [0.25, 0.3) is 0 Å². The summed E-state index contributed by atoms with van der Waals surface area (Å²) in [5.74, 6) is 0.373. The molecule has 2 nitrogen and oxygen atoms in total. The second-order valence-electron chi connectivity index (χ2n) is 4.66. The number of hydrogen-bond acceptors (Lipinski definition) is 2. The minimum absolute atomic E-state index is 0.0750. The third kappa shape index (κ3) is 15.0. The standard InChI is InChI=1S/C11H26O2P.F6P/c1-7-14(8-2,9-3)11(5)13-10(4)12-6;1-7(2,3,4,5)6/h10-11H,7-9H2,1-6H3;/q+1;-1. The summed E-state index contributed by atoms with van der Waals surface area (Å²) < 4.78 is 70.2. The van der Waals surface area contributed by atoms with E-state index >= 15 is 0 Å². The maximum atomic E-state index is 9.87.